The van der Waals surface area contributed by atoms with Gasteiger partial charge in [0.1, 0.15) is 0 Å². The Kier molecular flexibility index (Phi) is 7.07. The Bertz CT molecular complexity index is 1240. The van der Waals surface area contributed by atoms with E-state index >= 15 is 0 Å². The summed E-state index contributed by atoms with van der Waals surface area (Å²) >= 11 is 0. The lowest BCUT2D eigenvalue weighted by Crippen LogP contribution is -2.20. The Balaban J connectivity index is 1.20. The summed E-state index contributed by atoms with van der Waals surface area (Å²) in [5.74, 6) is -0.532. The number of hydrazone groups is 2. The molecule has 8 heteroatoms. The number of rotatable bonds is 8. The molecule has 2 N–H and O–H groups in total. The topological polar surface area (TPSA) is 109 Å². The fourth-order valence-corrected chi connectivity index (χ4v) is 3.33. The number of amides is 2. The Labute approximate surface area is 190 Å². The molecule has 0 atom stereocenters. The van der Waals surface area contributed by atoms with Crippen LogP contribution in [-0.2, 0) is 9.59 Å². The molecule has 0 bridgehead atoms. The number of hydrogen-bond donors (Lipinski definition) is 2. The van der Waals surface area contributed by atoms with Crippen LogP contribution < -0.4 is 10.9 Å². The van der Waals surface area contributed by atoms with E-state index < -0.39 is 0 Å². The van der Waals surface area contributed by atoms with Gasteiger partial charge in [0, 0.05) is 47.1 Å². The Morgan fingerprint density at radius 3 is 1.64 bits per heavy atom. The van der Waals surface area contributed by atoms with Crippen molar-refractivity contribution in [3.05, 3.63) is 84.2 Å². The van der Waals surface area contributed by atoms with Crippen molar-refractivity contribution >= 4 is 46.0 Å². The third-order valence-electron chi connectivity index (χ3n) is 4.92. The summed E-state index contributed by atoms with van der Waals surface area (Å²) in [6.07, 6.45) is 7.30. The molecule has 0 fully saturated rings. The zero-order valence-corrected chi connectivity index (χ0v) is 17.8. The lowest BCUT2D eigenvalue weighted by molar-refractivity contribution is -0.122. The van der Waals surface area contributed by atoms with Crippen LogP contribution in [0.2, 0.25) is 0 Å². The van der Waals surface area contributed by atoms with Crippen LogP contribution in [0.5, 0.6) is 0 Å². The molecule has 2 heterocycles. The highest BCUT2D eigenvalue weighted by Crippen LogP contribution is 2.14. The molecule has 0 aliphatic carbocycles. The van der Waals surface area contributed by atoms with Crippen molar-refractivity contribution in [1.29, 1.82) is 0 Å². The fourth-order valence-electron chi connectivity index (χ4n) is 3.33. The van der Waals surface area contributed by atoms with Gasteiger partial charge < -0.3 is 0 Å². The van der Waals surface area contributed by atoms with Crippen molar-refractivity contribution in [3.8, 4) is 0 Å². The predicted octanol–water partition coefficient (Wildman–Crippen LogP) is 3.55. The minimum absolute atomic E-state index is 0.176. The number of aromatic nitrogens is 2. The Morgan fingerprint density at radius 1 is 0.697 bits per heavy atom. The molecule has 2 aromatic carbocycles. The standard InChI is InChI=1S/C25H22N6O2/c32-22(30-28-16-20-8-1-6-18-10-4-14-26-24(18)20)12-3-13-23(33)31-29-17-21-9-2-7-19-11-5-15-27-25(19)21/h1-2,4-11,14-17H,3,12-13H2,(H,30,32)(H,31,33)/b28-16-,29-17-. The molecule has 2 amide bonds. The first-order valence-corrected chi connectivity index (χ1v) is 10.5. The first-order chi connectivity index (χ1) is 16.2. The highest BCUT2D eigenvalue weighted by atomic mass is 16.2. The number of benzene rings is 2. The molecule has 0 saturated carbocycles. The maximum atomic E-state index is 12.0. The van der Waals surface area contributed by atoms with Crippen LogP contribution >= 0.6 is 0 Å². The number of para-hydroxylation sites is 2. The van der Waals surface area contributed by atoms with Crippen LogP contribution in [0.25, 0.3) is 21.8 Å². The third-order valence-corrected chi connectivity index (χ3v) is 4.92. The number of carbonyl (C=O) groups is 2. The largest absolute Gasteiger partial charge is 0.273 e. The molecular weight excluding hydrogens is 416 g/mol. The zero-order chi connectivity index (χ0) is 22.9. The molecular formula is C25H22N6O2. The third kappa shape index (κ3) is 5.82. The number of nitrogens with zero attached hydrogens (tertiary/aromatic N) is 4. The SMILES string of the molecule is O=C(CCCC(=O)N/N=C\c1cccc2cccnc12)N/N=C\c1cccc2cccnc12. The minimum Gasteiger partial charge on any atom is -0.273 e. The Morgan fingerprint density at radius 2 is 1.15 bits per heavy atom. The lowest BCUT2D eigenvalue weighted by atomic mass is 10.1. The molecule has 4 rings (SSSR count). The van der Waals surface area contributed by atoms with E-state index in [-0.39, 0.29) is 24.7 Å². The molecule has 0 saturated heterocycles. The van der Waals surface area contributed by atoms with Gasteiger partial charge in [0.25, 0.3) is 0 Å². The van der Waals surface area contributed by atoms with Gasteiger partial charge >= 0.3 is 0 Å². The summed E-state index contributed by atoms with van der Waals surface area (Å²) in [5.41, 5.74) is 8.22. The smallest absolute Gasteiger partial charge is 0.240 e. The molecule has 0 spiro atoms. The van der Waals surface area contributed by atoms with E-state index in [2.05, 4.69) is 31.0 Å². The number of hydrogen-bond acceptors (Lipinski definition) is 6. The summed E-state index contributed by atoms with van der Waals surface area (Å²) < 4.78 is 0. The van der Waals surface area contributed by atoms with Crippen LogP contribution in [-0.4, -0.2) is 34.2 Å². The van der Waals surface area contributed by atoms with Crippen molar-refractivity contribution in [1.82, 2.24) is 20.8 Å². The lowest BCUT2D eigenvalue weighted by Gasteiger charge is -2.02. The summed E-state index contributed by atoms with van der Waals surface area (Å²) in [5, 5.41) is 10.0. The maximum Gasteiger partial charge on any atom is 0.240 e. The van der Waals surface area contributed by atoms with Gasteiger partial charge in [-0.3, -0.25) is 19.6 Å². The normalized spacial score (nSPS) is 11.4. The van der Waals surface area contributed by atoms with Crippen LogP contribution in [0.4, 0.5) is 0 Å². The zero-order valence-electron chi connectivity index (χ0n) is 17.8. The number of carbonyl (C=O) groups excluding carboxylic acids is 2. The van der Waals surface area contributed by atoms with Gasteiger partial charge in [0.15, 0.2) is 0 Å². The molecule has 2 aromatic heterocycles. The van der Waals surface area contributed by atoms with E-state index in [4.69, 9.17) is 0 Å². The summed E-state index contributed by atoms with van der Waals surface area (Å²) in [7, 11) is 0. The average Bonchev–Trinajstić information content (AvgIpc) is 2.84. The van der Waals surface area contributed by atoms with Gasteiger partial charge in [-0.15, -0.1) is 0 Å². The van der Waals surface area contributed by atoms with Crippen LogP contribution in [0, 0.1) is 0 Å². The first-order valence-electron chi connectivity index (χ1n) is 10.5. The summed E-state index contributed by atoms with van der Waals surface area (Å²) in [6.45, 7) is 0. The van der Waals surface area contributed by atoms with Crippen LogP contribution in [0.1, 0.15) is 30.4 Å². The van der Waals surface area contributed by atoms with E-state index in [0.717, 1.165) is 32.9 Å². The minimum atomic E-state index is -0.266. The number of nitrogens with one attached hydrogen (secondary N) is 2. The summed E-state index contributed by atoms with van der Waals surface area (Å²) in [6, 6.07) is 19.2. The molecule has 0 aliphatic rings. The Hall–Kier alpha value is -4.46. The summed E-state index contributed by atoms with van der Waals surface area (Å²) in [4.78, 5) is 32.7. The maximum absolute atomic E-state index is 12.0. The quantitative estimate of drug-likeness (QED) is 0.324. The van der Waals surface area contributed by atoms with Gasteiger partial charge in [0.2, 0.25) is 11.8 Å². The second kappa shape index (κ2) is 10.7. The predicted molar refractivity (Wildman–Crippen MR) is 129 cm³/mol. The van der Waals surface area contributed by atoms with Crippen LogP contribution in [0.15, 0.2) is 83.3 Å². The van der Waals surface area contributed by atoms with E-state index in [1.807, 2.05) is 60.7 Å². The first kappa shape index (κ1) is 21.8. The molecule has 0 radical (unpaired) electrons. The van der Waals surface area contributed by atoms with E-state index in [1.54, 1.807) is 24.8 Å². The van der Waals surface area contributed by atoms with E-state index in [9.17, 15) is 9.59 Å². The van der Waals surface area contributed by atoms with E-state index in [1.165, 1.54) is 0 Å². The highest BCUT2D eigenvalue weighted by Gasteiger charge is 2.05. The fraction of sp³-hybridized carbons (Fsp3) is 0.120. The van der Waals surface area contributed by atoms with Crippen molar-refractivity contribution in [2.24, 2.45) is 10.2 Å². The molecule has 4 aromatic rings. The molecule has 33 heavy (non-hydrogen) atoms. The second-order valence-corrected chi connectivity index (χ2v) is 7.28. The number of pyridine rings is 2. The van der Waals surface area contributed by atoms with Crippen LogP contribution in [0.3, 0.4) is 0 Å². The second-order valence-electron chi connectivity index (χ2n) is 7.28. The molecule has 164 valence electrons. The van der Waals surface area contributed by atoms with Gasteiger partial charge in [0.05, 0.1) is 23.5 Å². The van der Waals surface area contributed by atoms with Gasteiger partial charge in [-0.2, -0.15) is 10.2 Å². The highest BCUT2D eigenvalue weighted by molar-refractivity contribution is 5.98. The average molecular weight is 438 g/mol. The molecule has 8 nitrogen and oxygen atoms in total. The molecule has 0 unspecified atom stereocenters. The van der Waals surface area contributed by atoms with Crippen molar-refractivity contribution in [2.75, 3.05) is 0 Å². The number of fused-ring (bicyclic) bond motifs is 2. The molecule has 0 aliphatic heterocycles. The van der Waals surface area contributed by atoms with Gasteiger partial charge in [-0.1, -0.05) is 48.5 Å². The van der Waals surface area contributed by atoms with Crippen molar-refractivity contribution < 1.29 is 9.59 Å². The van der Waals surface area contributed by atoms with Gasteiger partial charge in [-0.05, 0) is 18.6 Å². The van der Waals surface area contributed by atoms with E-state index in [0.29, 0.717) is 6.42 Å². The van der Waals surface area contributed by atoms with Crippen molar-refractivity contribution in [2.45, 2.75) is 19.3 Å². The van der Waals surface area contributed by atoms with Gasteiger partial charge in [-0.25, -0.2) is 10.9 Å². The van der Waals surface area contributed by atoms with Crippen molar-refractivity contribution in [3.63, 3.8) is 0 Å². The monoisotopic (exact) mass is 438 g/mol.